The smallest absolute Gasteiger partial charge is 0.301 e. The van der Waals surface area contributed by atoms with E-state index < -0.39 is 29.3 Å². The molecule has 1 aliphatic heterocycles. The highest BCUT2D eigenvalue weighted by Gasteiger charge is 2.48. The number of halogens is 1. The van der Waals surface area contributed by atoms with Crippen LogP contribution in [0.2, 0.25) is 0 Å². The Bertz CT molecular complexity index is 1880. The van der Waals surface area contributed by atoms with Crippen molar-refractivity contribution < 1.29 is 23.8 Å². The number of aliphatic hydroxyl groups excluding tert-OH is 1. The molecule has 10 heteroatoms. The van der Waals surface area contributed by atoms with Crippen molar-refractivity contribution in [2.45, 2.75) is 29.5 Å². The van der Waals surface area contributed by atoms with Crippen LogP contribution >= 0.6 is 23.1 Å². The number of ketones is 1. The Morgan fingerprint density at radius 1 is 1.02 bits per heavy atom. The molecule has 0 bridgehead atoms. The van der Waals surface area contributed by atoms with Crippen LogP contribution in [0.15, 0.2) is 94.8 Å². The summed E-state index contributed by atoms with van der Waals surface area (Å²) >= 11 is 2.68. The van der Waals surface area contributed by atoms with Gasteiger partial charge in [0.1, 0.15) is 5.76 Å². The monoisotopic (exact) mass is 611 g/mol. The molecule has 216 valence electrons. The normalized spacial score (nSPS) is 16.3. The molecule has 0 spiro atoms. The van der Waals surface area contributed by atoms with E-state index in [1.807, 2.05) is 49.4 Å². The minimum atomic E-state index is -0.986. The molecule has 4 aromatic carbocycles. The SMILES string of the molecule is CCc1ccc(C2/C(=C(\O)c3ccc(OC)c(F)c3)C(=O)C(=O)N2c2nnc(SCc3cccc4ccccc34)s2)cc1. The number of Topliss-reactive ketones (excluding diaryl/α,β-unsaturated/α-hetero) is 1. The third kappa shape index (κ3) is 5.39. The maximum absolute atomic E-state index is 14.6. The number of hydrogen-bond donors (Lipinski definition) is 1. The van der Waals surface area contributed by atoms with Crippen LogP contribution in [0.3, 0.4) is 0 Å². The molecule has 5 aromatic rings. The Kier molecular flexibility index (Phi) is 7.96. The van der Waals surface area contributed by atoms with Gasteiger partial charge in [0.25, 0.3) is 5.78 Å². The largest absolute Gasteiger partial charge is 0.507 e. The van der Waals surface area contributed by atoms with Crippen LogP contribution in [0.5, 0.6) is 5.75 Å². The van der Waals surface area contributed by atoms with Crippen molar-refractivity contribution >= 4 is 56.5 Å². The minimum absolute atomic E-state index is 0.00825. The van der Waals surface area contributed by atoms with E-state index in [-0.39, 0.29) is 22.0 Å². The van der Waals surface area contributed by atoms with E-state index in [1.54, 1.807) is 0 Å². The quantitative estimate of drug-likeness (QED) is 0.0646. The van der Waals surface area contributed by atoms with Crippen molar-refractivity contribution in [2.75, 3.05) is 12.0 Å². The number of rotatable bonds is 8. The molecule has 1 N–H and O–H groups in total. The van der Waals surface area contributed by atoms with E-state index in [4.69, 9.17) is 4.74 Å². The average molecular weight is 612 g/mol. The lowest BCUT2D eigenvalue weighted by molar-refractivity contribution is -0.132. The van der Waals surface area contributed by atoms with Crippen molar-refractivity contribution in [3.63, 3.8) is 0 Å². The highest BCUT2D eigenvalue weighted by molar-refractivity contribution is 8.00. The molecular weight excluding hydrogens is 586 g/mol. The molecule has 1 amide bonds. The summed E-state index contributed by atoms with van der Waals surface area (Å²) in [5.74, 6) is -2.30. The van der Waals surface area contributed by atoms with Gasteiger partial charge in [-0.1, -0.05) is 96.8 Å². The summed E-state index contributed by atoms with van der Waals surface area (Å²) in [6.07, 6.45) is 0.805. The molecule has 1 aliphatic rings. The van der Waals surface area contributed by atoms with Crippen molar-refractivity contribution in [1.29, 1.82) is 0 Å². The molecule has 43 heavy (non-hydrogen) atoms. The summed E-state index contributed by atoms with van der Waals surface area (Å²) in [4.78, 5) is 28.3. The first-order chi connectivity index (χ1) is 20.9. The summed E-state index contributed by atoms with van der Waals surface area (Å²) in [6.45, 7) is 2.03. The van der Waals surface area contributed by atoms with Crippen LogP contribution < -0.4 is 9.64 Å². The Balaban J connectivity index is 1.38. The van der Waals surface area contributed by atoms with E-state index in [0.29, 0.717) is 15.7 Å². The molecule has 0 saturated carbocycles. The topological polar surface area (TPSA) is 92.6 Å². The number of anilines is 1. The predicted octanol–water partition coefficient (Wildman–Crippen LogP) is 7.32. The number of methoxy groups -OCH3 is 1. The molecule has 1 aromatic heterocycles. The fourth-order valence-electron chi connectivity index (χ4n) is 5.17. The van der Waals surface area contributed by atoms with Gasteiger partial charge in [-0.05, 0) is 52.1 Å². The molecule has 1 atom stereocenters. The Morgan fingerprint density at radius 2 is 1.79 bits per heavy atom. The van der Waals surface area contributed by atoms with Crippen LogP contribution in [-0.2, 0) is 21.8 Å². The zero-order valence-electron chi connectivity index (χ0n) is 23.3. The lowest BCUT2D eigenvalue weighted by Crippen LogP contribution is -2.29. The second-order valence-corrected chi connectivity index (χ2v) is 12.1. The highest BCUT2D eigenvalue weighted by atomic mass is 32.2. The van der Waals surface area contributed by atoms with Gasteiger partial charge in [0, 0.05) is 11.3 Å². The summed E-state index contributed by atoms with van der Waals surface area (Å²) in [5.41, 5.74) is 2.71. The molecule has 1 unspecified atom stereocenters. The third-order valence-corrected chi connectivity index (χ3v) is 9.51. The van der Waals surface area contributed by atoms with E-state index >= 15 is 0 Å². The van der Waals surface area contributed by atoms with Gasteiger partial charge in [-0.15, -0.1) is 10.2 Å². The number of aromatic nitrogens is 2. The zero-order chi connectivity index (χ0) is 30.1. The Labute approximate surface area is 255 Å². The first-order valence-corrected chi connectivity index (χ1v) is 15.4. The average Bonchev–Trinajstić information content (AvgIpc) is 3.61. The molecule has 0 radical (unpaired) electrons. The molecule has 0 aliphatic carbocycles. The number of aryl methyl sites for hydroxylation is 1. The highest BCUT2D eigenvalue weighted by Crippen LogP contribution is 2.44. The molecule has 6 rings (SSSR count). The second-order valence-electron chi connectivity index (χ2n) is 9.89. The van der Waals surface area contributed by atoms with Crippen molar-refractivity contribution in [1.82, 2.24) is 10.2 Å². The number of amides is 1. The maximum atomic E-state index is 14.6. The zero-order valence-corrected chi connectivity index (χ0v) is 24.9. The van der Waals surface area contributed by atoms with E-state index in [0.717, 1.165) is 34.4 Å². The van der Waals surface area contributed by atoms with Crippen LogP contribution in [0.1, 0.15) is 35.2 Å². The summed E-state index contributed by atoms with van der Waals surface area (Å²) in [6, 6.07) is 24.6. The first-order valence-electron chi connectivity index (χ1n) is 13.6. The number of carbonyl (C=O) groups is 2. The molecule has 1 saturated heterocycles. The molecule has 2 heterocycles. The molecule has 7 nitrogen and oxygen atoms in total. The van der Waals surface area contributed by atoms with Gasteiger partial charge in [-0.25, -0.2) is 4.39 Å². The van der Waals surface area contributed by atoms with Gasteiger partial charge < -0.3 is 9.84 Å². The van der Waals surface area contributed by atoms with E-state index in [1.165, 1.54) is 47.2 Å². The lowest BCUT2D eigenvalue weighted by atomic mass is 9.94. The summed E-state index contributed by atoms with van der Waals surface area (Å²) in [7, 11) is 1.33. The minimum Gasteiger partial charge on any atom is -0.507 e. The third-order valence-electron chi connectivity index (χ3n) is 7.41. The number of aliphatic hydroxyl groups is 1. The number of fused-ring (bicyclic) bond motifs is 1. The van der Waals surface area contributed by atoms with Gasteiger partial charge in [-0.2, -0.15) is 0 Å². The Morgan fingerprint density at radius 3 is 2.53 bits per heavy atom. The fraction of sp³-hybridized carbons (Fsp3) is 0.152. The van der Waals surface area contributed by atoms with Gasteiger partial charge in [0.2, 0.25) is 5.13 Å². The molecule has 1 fully saturated rings. The van der Waals surface area contributed by atoms with E-state index in [2.05, 4.69) is 34.5 Å². The number of carbonyl (C=O) groups excluding carboxylic acids is 2. The second kappa shape index (κ2) is 12.0. The van der Waals surface area contributed by atoms with Gasteiger partial charge in [0.15, 0.2) is 15.9 Å². The molecular formula is C33H26FN3O4S2. The fourth-order valence-corrected chi connectivity index (χ4v) is 7.04. The number of hydrogen-bond acceptors (Lipinski definition) is 8. The predicted molar refractivity (Wildman–Crippen MR) is 167 cm³/mol. The maximum Gasteiger partial charge on any atom is 0.301 e. The Hall–Kier alpha value is -4.54. The van der Waals surface area contributed by atoms with E-state index in [9.17, 15) is 19.1 Å². The first kappa shape index (κ1) is 28.6. The van der Waals surface area contributed by atoms with Crippen LogP contribution in [0.25, 0.3) is 16.5 Å². The standard InChI is InChI=1S/C33H26FN3O4S2/c1-3-19-11-13-21(14-12-19)28-27(29(38)22-15-16-26(41-2)25(34)17-22)30(39)31(40)37(28)32-35-36-33(43-32)42-18-23-9-6-8-20-7-4-5-10-24(20)23/h4-17,28,38H,3,18H2,1-2H3/b29-27+. The van der Waals surface area contributed by atoms with Gasteiger partial charge in [0.05, 0.1) is 18.7 Å². The van der Waals surface area contributed by atoms with Crippen molar-refractivity contribution in [3.05, 3.63) is 119 Å². The summed E-state index contributed by atoms with van der Waals surface area (Å²) in [5, 5.41) is 22.5. The number of benzene rings is 4. The number of nitrogens with zero attached hydrogens (tertiary/aromatic N) is 3. The number of ether oxygens (including phenoxy) is 1. The number of thioether (sulfide) groups is 1. The van der Waals surface area contributed by atoms with Gasteiger partial charge >= 0.3 is 5.91 Å². The van der Waals surface area contributed by atoms with Crippen molar-refractivity contribution in [2.24, 2.45) is 0 Å². The van der Waals surface area contributed by atoms with Crippen LogP contribution in [0, 0.1) is 5.82 Å². The van der Waals surface area contributed by atoms with Crippen LogP contribution in [-0.4, -0.2) is 34.1 Å². The van der Waals surface area contributed by atoms with Crippen molar-refractivity contribution in [3.8, 4) is 5.75 Å². The van der Waals surface area contributed by atoms with Crippen LogP contribution in [0.4, 0.5) is 9.52 Å². The lowest BCUT2D eigenvalue weighted by Gasteiger charge is -2.22. The summed E-state index contributed by atoms with van der Waals surface area (Å²) < 4.78 is 20.2. The van der Waals surface area contributed by atoms with Gasteiger partial charge in [-0.3, -0.25) is 14.5 Å².